The molecule has 0 aliphatic rings. The minimum absolute atomic E-state index is 0.0682. The Balaban J connectivity index is 2.76. The fourth-order valence-electron chi connectivity index (χ4n) is 1.45. The Kier molecular flexibility index (Phi) is 5.47. The van der Waals surface area contributed by atoms with Gasteiger partial charge in [0.25, 0.3) is 5.91 Å². The standard InChI is InChI=1S/C13H17BrClNO/c1-4-8(2)9(3)16-13(17)11-6-5-10(15)7-12(11)14/h5-9H,4H2,1-3H3,(H,16,17). The summed E-state index contributed by atoms with van der Waals surface area (Å²) in [6.07, 6.45) is 1.04. The topological polar surface area (TPSA) is 29.1 Å². The van der Waals surface area contributed by atoms with E-state index in [0.29, 0.717) is 16.5 Å². The first-order valence-corrected chi connectivity index (χ1v) is 6.88. The quantitative estimate of drug-likeness (QED) is 0.882. The molecule has 0 aliphatic heterocycles. The molecule has 2 atom stereocenters. The number of hydrogen-bond acceptors (Lipinski definition) is 1. The molecule has 1 aromatic rings. The zero-order valence-electron chi connectivity index (χ0n) is 10.3. The average molecular weight is 319 g/mol. The summed E-state index contributed by atoms with van der Waals surface area (Å²) < 4.78 is 0.721. The molecule has 0 aromatic heterocycles. The molecule has 0 heterocycles. The van der Waals surface area contributed by atoms with E-state index in [1.54, 1.807) is 18.2 Å². The molecule has 0 saturated carbocycles. The Hall–Kier alpha value is -0.540. The average Bonchev–Trinajstić information content (AvgIpc) is 2.27. The Bertz CT molecular complexity index is 408. The molecule has 0 bridgehead atoms. The molecule has 0 aliphatic carbocycles. The van der Waals surface area contributed by atoms with Crippen molar-refractivity contribution in [2.45, 2.75) is 33.2 Å². The van der Waals surface area contributed by atoms with Crippen molar-refractivity contribution in [1.82, 2.24) is 5.32 Å². The van der Waals surface area contributed by atoms with Crippen LogP contribution < -0.4 is 5.32 Å². The van der Waals surface area contributed by atoms with Crippen molar-refractivity contribution >= 4 is 33.4 Å². The van der Waals surface area contributed by atoms with Gasteiger partial charge in [0.15, 0.2) is 0 Å². The second-order valence-electron chi connectivity index (χ2n) is 4.27. The highest BCUT2D eigenvalue weighted by Crippen LogP contribution is 2.21. The van der Waals surface area contributed by atoms with Gasteiger partial charge >= 0.3 is 0 Å². The van der Waals surface area contributed by atoms with Crippen LogP contribution in [0.3, 0.4) is 0 Å². The van der Waals surface area contributed by atoms with Crippen LogP contribution in [-0.2, 0) is 0 Å². The van der Waals surface area contributed by atoms with Gasteiger partial charge in [-0.3, -0.25) is 4.79 Å². The maximum atomic E-state index is 12.0. The summed E-state index contributed by atoms with van der Waals surface area (Å²) in [4.78, 5) is 12.0. The SMILES string of the molecule is CCC(C)C(C)NC(=O)c1ccc(Cl)cc1Br. The molecule has 2 unspecified atom stereocenters. The third kappa shape index (κ3) is 4.00. The second kappa shape index (κ2) is 6.41. The highest BCUT2D eigenvalue weighted by atomic mass is 79.9. The Morgan fingerprint density at radius 1 is 1.47 bits per heavy atom. The van der Waals surface area contributed by atoms with Crippen molar-refractivity contribution in [2.75, 3.05) is 0 Å². The lowest BCUT2D eigenvalue weighted by molar-refractivity contribution is 0.0927. The summed E-state index contributed by atoms with van der Waals surface area (Å²) >= 11 is 9.19. The van der Waals surface area contributed by atoms with Crippen molar-refractivity contribution in [1.29, 1.82) is 0 Å². The Labute approximate surface area is 116 Å². The van der Waals surface area contributed by atoms with Crippen LogP contribution in [-0.4, -0.2) is 11.9 Å². The third-order valence-corrected chi connectivity index (χ3v) is 3.92. The van der Waals surface area contributed by atoms with Crippen molar-refractivity contribution < 1.29 is 4.79 Å². The third-order valence-electron chi connectivity index (χ3n) is 3.03. The van der Waals surface area contributed by atoms with Gasteiger partial charge in [-0.05, 0) is 47.0 Å². The van der Waals surface area contributed by atoms with Crippen LogP contribution in [0.15, 0.2) is 22.7 Å². The smallest absolute Gasteiger partial charge is 0.252 e. The van der Waals surface area contributed by atoms with Crippen molar-refractivity contribution in [3.63, 3.8) is 0 Å². The summed E-state index contributed by atoms with van der Waals surface area (Å²) in [5, 5.41) is 3.61. The normalized spacial score (nSPS) is 14.2. The van der Waals surface area contributed by atoms with Crippen LogP contribution in [0.25, 0.3) is 0 Å². The summed E-state index contributed by atoms with van der Waals surface area (Å²) in [5.41, 5.74) is 0.615. The fraction of sp³-hybridized carbons (Fsp3) is 0.462. The van der Waals surface area contributed by atoms with Gasteiger partial charge in [-0.2, -0.15) is 0 Å². The monoisotopic (exact) mass is 317 g/mol. The molecule has 1 aromatic carbocycles. The minimum atomic E-state index is -0.0682. The highest BCUT2D eigenvalue weighted by molar-refractivity contribution is 9.10. The van der Waals surface area contributed by atoms with Crippen LogP contribution in [0.5, 0.6) is 0 Å². The van der Waals surface area contributed by atoms with Gasteiger partial charge in [-0.1, -0.05) is 31.9 Å². The first kappa shape index (κ1) is 14.5. The van der Waals surface area contributed by atoms with E-state index in [-0.39, 0.29) is 11.9 Å². The number of rotatable bonds is 4. The van der Waals surface area contributed by atoms with E-state index >= 15 is 0 Å². The van der Waals surface area contributed by atoms with Crippen molar-refractivity contribution in [2.24, 2.45) is 5.92 Å². The van der Waals surface area contributed by atoms with Gasteiger partial charge in [0.2, 0.25) is 0 Å². The second-order valence-corrected chi connectivity index (χ2v) is 5.56. The van der Waals surface area contributed by atoms with Crippen LogP contribution in [0.1, 0.15) is 37.6 Å². The summed E-state index contributed by atoms with van der Waals surface area (Å²) in [5.74, 6) is 0.395. The van der Waals surface area contributed by atoms with E-state index in [1.807, 2.05) is 6.92 Å². The van der Waals surface area contributed by atoms with Gasteiger partial charge in [-0.25, -0.2) is 0 Å². The van der Waals surface area contributed by atoms with E-state index in [2.05, 4.69) is 35.1 Å². The number of carbonyl (C=O) groups excluding carboxylic acids is 1. The van der Waals surface area contributed by atoms with Gasteiger partial charge in [0, 0.05) is 15.5 Å². The van der Waals surface area contributed by atoms with Gasteiger partial charge < -0.3 is 5.32 Å². The molecule has 0 spiro atoms. The molecule has 2 nitrogen and oxygen atoms in total. The van der Waals surface area contributed by atoms with Crippen molar-refractivity contribution in [3.05, 3.63) is 33.3 Å². The van der Waals surface area contributed by atoms with E-state index in [1.165, 1.54) is 0 Å². The fourth-order valence-corrected chi connectivity index (χ4v) is 2.32. The predicted octanol–water partition coefficient (Wildman–Crippen LogP) is 4.27. The van der Waals surface area contributed by atoms with Crippen LogP contribution in [0, 0.1) is 5.92 Å². The Morgan fingerprint density at radius 3 is 2.65 bits per heavy atom. The summed E-state index contributed by atoms with van der Waals surface area (Å²) in [7, 11) is 0. The lowest BCUT2D eigenvalue weighted by Crippen LogP contribution is -2.37. The largest absolute Gasteiger partial charge is 0.349 e. The van der Waals surface area contributed by atoms with Gasteiger partial charge in [0.05, 0.1) is 5.56 Å². The predicted molar refractivity (Wildman–Crippen MR) is 75.5 cm³/mol. The van der Waals surface area contributed by atoms with Crippen LogP contribution in [0.4, 0.5) is 0 Å². The minimum Gasteiger partial charge on any atom is -0.349 e. The molecule has 1 rings (SSSR count). The van der Waals surface area contributed by atoms with E-state index in [4.69, 9.17) is 11.6 Å². The van der Waals surface area contributed by atoms with Crippen molar-refractivity contribution in [3.8, 4) is 0 Å². The number of hydrogen-bond donors (Lipinski definition) is 1. The first-order valence-electron chi connectivity index (χ1n) is 5.71. The van der Waals surface area contributed by atoms with E-state index < -0.39 is 0 Å². The first-order chi connectivity index (χ1) is 7.95. The molecule has 17 heavy (non-hydrogen) atoms. The zero-order chi connectivity index (χ0) is 13.0. The molecule has 0 saturated heterocycles. The van der Waals surface area contributed by atoms with Crippen LogP contribution >= 0.6 is 27.5 Å². The number of halogens is 2. The number of nitrogens with one attached hydrogen (secondary N) is 1. The molecule has 94 valence electrons. The molecule has 1 N–H and O–H groups in total. The maximum Gasteiger partial charge on any atom is 0.252 e. The van der Waals surface area contributed by atoms with Gasteiger partial charge in [-0.15, -0.1) is 0 Å². The van der Waals surface area contributed by atoms with Crippen LogP contribution in [0.2, 0.25) is 5.02 Å². The van der Waals surface area contributed by atoms with E-state index in [0.717, 1.165) is 10.9 Å². The molecule has 4 heteroatoms. The lowest BCUT2D eigenvalue weighted by atomic mass is 10.0. The van der Waals surface area contributed by atoms with Gasteiger partial charge in [0.1, 0.15) is 0 Å². The number of carbonyl (C=O) groups is 1. The highest BCUT2D eigenvalue weighted by Gasteiger charge is 2.16. The molecule has 0 radical (unpaired) electrons. The zero-order valence-corrected chi connectivity index (χ0v) is 12.6. The molecular weight excluding hydrogens is 302 g/mol. The number of amides is 1. The number of benzene rings is 1. The molecule has 1 amide bonds. The Morgan fingerprint density at radius 2 is 2.12 bits per heavy atom. The molecule has 0 fully saturated rings. The summed E-state index contributed by atoms with van der Waals surface area (Å²) in [6, 6.07) is 5.33. The maximum absolute atomic E-state index is 12.0. The lowest BCUT2D eigenvalue weighted by Gasteiger charge is -2.20. The summed E-state index contributed by atoms with van der Waals surface area (Å²) in [6.45, 7) is 6.27. The molecular formula is C13H17BrClNO. The van der Waals surface area contributed by atoms with E-state index in [9.17, 15) is 4.79 Å².